The number of hydrogen-bond acceptors (Lipinski definition) is 3. The van der Waals surface area contributed by atoms with Crippen molar-refractivity contribution in [3.63, 3.8) is 0 Å². The fourth-order valence-corrected chi connectivity index (χ4v) is 4.62. The molecule has 1 aliphatic heterocycles. The quantitative estimate of drug-likeness (QED) is 0.479. The molecule has 6 nitrogen and oxygen atoms in total. The third-order valence-electron chi connectivity index (χ3n) is 6.36. The van der Waals surface area contributed by atoms with E-state index >= 15 is 0 Å². The van der Waals surface area contributed by atoms with Crippen LogP contribution in [0.15, 0.2) is 48.5 Å². The van der Waals surface area contributed by atoms with E-state index in [4.69, 9.17) is 4.74 Å². The zero-order chi connectivity index (χ0) is 24.3. The number of fused-ring (bicyclic) bond motifs is 1. The monoisotopic (exact) mass is 461 g/mol. The lowest BCUT2D eigenvalue weighted by atomic mass is 10.0. The number of ether oxygens (including phenoxy) is 1. The van der Waals surface area contributed by atoms with Gasteiger partial charge in [-0.3, -0.25) is 9.59 Å². The van der Waals surface area contributed by atoms with E-state index in [0.717, 1.165) is 41.6 Å². The van der Waals surface area contributed by atoms with Gasteiger partial charge in [0.05, 0.1) is 5.60 Å². The molecule has 0 bridgehead atoms. The van der Waals surface area contributed by atoms with Crippen molar-refractivity contribution >= 4 is 28.4 Å². The zero-order valence-electron chi connectivity index (χ0n) is 20.6. The van der Waals surface area contributed by atoms with Crippen molar-refractivity contribution < 1.29 is 14.3 Å². The van der Waals surface area contributed by atoms with Crippen LogP contribution in [0.3, 0.4) is 0 Å². The Kier molecular flexibility index (Phi) is 7.08. The third-order valence-corrected chi connectivity index (χ3v) is 6.36. The van der Waals surface area contributed by atoms with Crippen molar-refractivity contribution in [1.29, 1.82) is 0 Å². The number of carbonyl (C=O) groups is 2. The summed E-state index contributed by atoms with van der Waals surface area (Å²) >= 11 is 0. The zero-order valence-corrected chi connectivity index (χ0v) is 20.6. The average Bonchev–Trinajstić information content (AvgIpc) is 3.36. The average molecular weight is 462 g/mol. The van der Waals surface area contributed by atoms with Gasteiger partial charge in [0.15, 0.2) is 0 Å². The van der Waals surface area contributed by atoms with Gasteiger partial charge >= 0.3 is 0 Å². The maximum atomic E-state index is 13.3. The number of carbonyl (C=O) groups excluding carboxylic acids is 2. The summed E-state index contributed by atoms with van der Waals surface area (Å²) in [6.07, 6.45) is 2.44. The van der Waals surface area contributed by atoms with Gasteiger partial charge in [0, 0.05) is 42.7 Å². The Hall–Kier alpha value is -3.12. The van der Waals surface area contributed by atoms with Gasteiger partial charge in [0.2, 0.25) is 5.91 Å². The van der Waals surface area contributed by atoms with Crippen molar-refractivity contribution in [2.45, 2.75) is 59.1 Å². The molecule has 4 rings (SSSR count). The molecule has 180 valence electrons. The summed E-state index contributed by atoms with van der Waals surface area (Å²) in [5.74, 6) is 0.169. The number of nitrogens with zero attached hydrogens (tertiary/aromatic N) is 1. The maximum absolute atomic E-state index is 13.3. The van der Waals surface area contributed by atoms with Gasteiger partial charge < -0.3 is 19.9 Å². The van der Waals surface area contributed by atoms with Crippen LogP contribution in [-0.2, 0) is 16.1 Å². The van der Waals surface area contributed by atoms with E-state index in [-0.39, 0.29) is 17.4 Å². The summed E-state index contributed by atoms with van der Waals surface area (Å²) in [4.78, 5) is 25.6. The van der Waals surface area contributed by atoms with Crippen LogP contribution < -0.4 is 10.6 Å². The number of aryl methyl sites for hydroxylation is 1. The molecule has 6 heteroatoms. The van der Waals surface area contributed by atoms with Gasteiger partial charge in [-0.05, 0) is 62.4 Å². The van der Waals surface area contributed by atoms with E-state index in [2.05, 4.69) is 47.2 Å². The molecule has 2 N–H and O–H groups in total. The Morgan fingerprint density at radius 2 is 1.97 bits per heavy atom. The van der Waals surface area contributed by atoms with Gasteiger partial charge in [-0.2, -0.15) is 0 Å². The van der Waals surface area contributed by atoms with Crippen LogP contribution in [0.5, 0.6) is 0 Å². The first-order valence-corrected chi connectivity index (χ1v) is 12.1. The highest BCUT2D eigenvalue weighted by atomic mass is 16.5. The van der Waals surface area contributed by atoms with Crippen molar-refractivity contribution in [3.8, 4) is 0 Å². The SMILES string of the molecule is Cc1cccc(Cn2c(C(=O)NC[C@]3(C)CCCO3)cc3cc(NC(=O)CC(C)C)ccc32)c1. The van der Waals surface area contributed by atoms with Crippen LogP contribution in [0, 0.1) is 12.8 Å². The van der Waals surface area contributed by atoms with E-state index in [1.807, 2.05) is 44.2 Å². The van der Waals surface area contributed by atoms with Crippen molar-refractivity contribution in [3.05, 3.63) is 65.4 Å². The molecule has 2 amide bonds. The van der Waals surface area contributed by atoms with Crippen LogP contribution in [0.25, 0.3) is 10.9 Å². The van der Waals surface area contributed by atoms with Crippen LogP contribution in [-0.4, -0.2) is 35.1 Å². The predicted octanol–water partition coefficient (Wildman–Crippen LogP) is 5.28. The number of amides is 2. The van der Waals surface area contributed by atoms with Crippen LogP contribution in [0.4, 0.5) is 5.69 Å². The van der Waals surface area contributed by atoms with E-state index in [1.165, 1.54) is 5.56 Å². The minimum Gasteiger partial charge on any atom is -0.373 e. The molecule has 0 spiro atoms. The molecule has 1 aromatic heterocycles. The van der Waals surface area contributed by atoms with Gasteiger partial charge in [-0.25, -0.2) is 0 Å². The smallest absolute Gasteiger partial charge is 0.268 e. The van der Waals surface area contributed by atoms with Crippen molar-refractivity contribution in [2.75, 3.05) is 18.5 Å². The highest BCUT2D eigenvalue weighted by molar-refractivity contribution is 6.00. The highest BCUT2D eigenvalue weighted by Crippen LogP contribution is 2.27. The molecular weight excluding hydrogens is 426 g/mol. The second kappa shape index (κ2) is 10.0. The molecule has 2 heterocycles. The summed E-state index contributed by atoms with van der Waals surface area (Å²) in [5, 5.41) is 7.00. The molecule has 1 atom stereocenters. The topological polar surface area (TPSA) is 72.4 Å². The Morgan fingerprint density at radius 3 is 2.68 bits per heavy atom. The lowest BCUT2D eigenvalue weighted by molar-refractivity contribution is -0.116. The normalized spacial score (nSPS) is 17.9. The van der Waals surface area contributed by atoms with Crippen LogP contribution in [0.2, 0.25) is 0 Å². The largest absolute Gasteiger partial charge is 0.373 e. The lowest BCUT2D eigenvalue weighted by Gasteiger charge is -2.23. The van der Waals surface area contributed by atoms with Gasteiger partial charge in [0.1, 0.15) is 5.69 Å². The number of anilines is 1. The Morgan fingerprint density at radius 1 is 1.15 bits per heavy atom. The number of rotatable bonds is 8. The molecule has 0 unspecified atom stereocenters. The summed E-state index contributed by atoms with van der Waals surface area (Å²) in [6, 6.07) is 16.1. The standard InChI is InChI=1S/C28H35N3O3/c1-19(2)13-26(32)30-23-9-10-24-22(15-23)16-25(27(33)29-18-28(4)11-6-12-34-28)31(24)17-21-8-5-7-20(3)14-21/h5,7-10,14-16,19H,6,11-13,17-18H2,1-4H3,(H,29,33)(H,30,32)/t28-/m0/s1. The molecular formula is C28H35N3O3. The van der Waals surface area contributed by atoms with Gasteiger partial charge in [0.25, 0.3) is 5.91 Å². The molecule has 2 aromatic carbocycles. The number of aromatic nitrogens is 1. The molecule has 3 aromatic rings. The summed E-state index contributed by atoms with van der Waals surface area (Å²) in [5.41, 5.74) is 4.30. The molecule has 0 radical (unpaired) electrons. The van der Waals surface area contributed by atoms with Crippen molar-refractivity contribution in [2.24, 2.45) is 5.92 Å². The third kappa shape index (κ3) is 5.68. The number of nitrogens with one attached hydrogen (secondary N) is 2. The summed E-state index contributed by atoms with van der Waals surface area (Å²) in [6.45, 7) is 9.97. The minimum absolute atomic E-state index is 0.00341. The van der Waals surface area contributed by atoms with Crippen LogP contribution >= 0.6 is 0 Å². The fourth-order valence-electron chi connectivity index (χ4n) is 4.62. The molecule has 34 heavy (non-hydrogen) atoms. The first-order chi connectivity index (χ1) is 16.2. The van der Waals surface area contributed by atoms with Gasteiger partial charge in [-0.15, -0.1) is 0 Å². The number of hydrogen-bond donors (Lipinski definition) is 2. The highest BCUT2D eigenvalue weighted by Gasteiger charge is 2.30. The molecule has 1 saturated heterocycles. The second-order valence-corrected chi connectivity index (χ2v) is 10.1. The van der Waals surface area contributed by atoms with Crippen LogP contribution in [0.1, 0.15) is 61.6 Å². The van der Waals surface area contributed by atoms with Crippen molar-refractivity contribution in [1.82, 2.24) is 9.88 Å². The van der Waals surface area contributed by atoms with E-state index < -0.39 is 0 Å². The Labute approximate surface area is 201 Å². The van der Waals surface area contributed by atoms with E-state index in [9.17, 15) is 9.59 Å². The summed E-state index contributed by atoms with van der Waals surface area (Å²) < 4.78 is 7.90. The van der Waals surface area contributed by atoms with E-state index in [1.54, 1.807) is 0 Å². The fraction of sp³-hybridized carbons (Fsp3) is 0.429. The van der Waals surface area contributed by atoms with E-state index in [0.29, 0.717) is 31.1 Å². The second-order valence-electron chi connectivity index (χ2n) is 10.1. The Balaban J connectivity index is 1.64. The Bertz CT molecular complexity index is 1190. The first kappa shape index (κ1) is 24.0. The minimum atomic E-state index is -0.309. The molecule has 0 saturated carbocycles. The summed E-state index contributed by atoms with van der Waals surface area (Å²) in [7, 11) is 0. The maximum Gasteiger partial charge on any atom is 0.268 e. The molecule has 1 aliphatic rings. The first-order valence-electron chi connectivity index (χ1n) is 12.1. The molecule has 0 aliphatic carbocycles. The lowest BCUT2D eigenvalue weighted by Crippen LogP contribution is -2.40. The van der Waals surface area contributed by atoms with Gasteiger partial charge in [-0.1, -0.05) is 43.7 Å². The number of benzene rings is 2. The molecule has 1 fully saturated rings. The predicted molar refractivity (Wildman–Crippen MR) is 136 cm³/mol.